The Labute approximate surface area is 205 Å². The van der Waals surface area contributed by atoms with E-state index >= 15 is 0 Å². The van der Waals surface area contributed by atoms with E-state index in [2.05, 4.69) is 5.32 Å². The van der Waals surface area contributed by atoms with E-state index in [0.29, 0.717) is 11.3 Å². The number of rotatable bonds is 3. The third kappa shape index (κ3) is 2.62. The van der Waals surface area contributed by atoms with Crippen LogP contribution in [0.3, 0.4) is 0 Å². The van der Waals surface area contributed by atoms with E-state index in [9.17, 15) is 24.3 Å². The first kappa shape index (κ1) is 23.0. The number of benzene rings is 1. The van der Waals surface area contributed by atoms with Gasteiger partial charge >= 0.3 is 0 Å². The molecule has 2 heterocycles. The summed E-state index contributed by atoms with van der Waals surface area (Å²) >= 11 is 14.1. The minimum Gasteiger partial charge on any atom is -0.507 e. The van der Waals surface area contributed by atoms with Crippen LogP contribution >= 0.6 is 23.2 Å². The maximum absolute atomic E-state index is 13.5. The number of methoxy groups -OCH3 is 2. The average molecular weight is 509 g/mol. The van der Waals surface area contributed by atoms with Crippen molar-refractivity contribution in [1.29, 1.82) is 0 Å². The Kier molecular flexibility index (Phi) is 4.97. The topological polar surface area (TPSA) is 122 Å². The van der Waals surface area contributed by atoms with Crippen LogP contribution in [0.25, 0.3) is 0 Å². The number of fused-ring (bicyclic) bond motifs is 4. The molecule has 2 saturated heterocycles. The highest BCUT2D eigenvalue weighted by Gasteiger charge is 2.76. The molecule has 6 atom stereocenters. The standard InChI is InChI=1S/C23H22Cl2N2O7/c1-27-20(31)22(24)8-12-10(4-5-11-15(12)19(30)26-18(11)29)17(23(22,25)21(27)32)16-13(28)6-9(33-2)7-14(16)34-3/h4,6-7,11-12,15,17,28H,5,8H2,1-3H3,(H,26,29,30)/t11-,12+,15-,17+,22+,23-/m0/s1. The van der Waals surface area contributed by atoms with Crippen LogP contribution in [0.15, 0.2) is 23.8 Å². The number of alkyl halides is 2. The molecule has 5 rings (SSSR count). The molecule has 34 heavy (non-hydrogen) atoms. The normalized spacial score (nSPS) is 36.5. The summed E-state index contributed by atoms with van der Waals surface area (Å²) in [5.41, 5.74) is 0.714. The van der Waals surface area contributed by atoms with Crippen LogP contribution < -0.4 is 14.8 Å². The van der Waals surface area contributed by atoms with E-state index in [1.54, 1.807) is 6.08 Å². The summed E-state index contributed by atoms with van der Waals surface area (Å²) in [6, 6.07) is 2.87. The average Bonchev–Trinajstić information content (AvgIpc) is 3.17. The van der Waals surface area contributed by atoms with Crippen molar-refractivity contribution in [2.75, 3.05) is 21.3 Å². The summed E-state index contributed by atoms with van der Waals surface area (Å²) in [4.78, 5) is 48.9. The Morgan fingerprint density at radius 1 is 1.06 bits per heavy atom. The number of phenols is 1. The molecule has 4 aliphatic rings. The molecule has 9 nitrogen and oxygen atoms in total. The molecule has 0 bridgehead atoms. The minimum atomic E-state index is -2.01. The zero-order valence-corrected chi connectivity index (χ0v) is 20.1. The quantitative estimate of drug-likeness (QED) is 0.361. The summed E-state index contributed by atoms with van der Waals surface area (Å²) in [6.45, 7) is 0. The third-order valence-corrected chi connectivity index (χ3v) is 9.11. The van der Waals surface area contributed by atoms with Crippen molar-refractivity contribution in [3.63, 3.8) is 0 Å². The van der Waals surface area contributed by atoms with Crippen LogP contribution in [0.2, 0.25) is 0 Å². The SMILES string of the molecule is COc1cc(O)c([C@H]2C3=CC[C@@H]4C(=O)NC(=O)[C@@H]4[C@@H]3C[C@@]3(Cl)C(=O)N(C)C(=O)[C@@]23Cl)c(OC)c1. The maximum atomic E-state index is 13.5. The lowest BCUT2D eigenvalue weighted by Gasteiger charge is -2.51. The number of carbonyl (C=O) groups excluding carboxylic acids is 4. The lowest BCUT2D eigenvalue weighted by molar-refractivity contribution is -0.138. The van der Waals surface area contributed by atoms with Gasteiger partial charge in [-0.15, -0.1) is 23.2 Å². The molecule has 1 aromatic rings. The molecule has 11 heteroatoms. The van der Waals surface area contributed by atoms with Gasteiger partial charge in [0.05, 0.1) is 26.1 Å². The third-order valence-electron chi connectivity index (χ3n) is 7.70. The fraction of sp³-hybridized carbons (Fsp3) is 0.478. The molecule has 0 radical (unpaired) electrons. The fourth-order valence-electron chi connectivity index (χ4n) is 6.14. The van der Waals surface area contributed by atoms with Crippen LogP contribution in [0.1, 0.15) is 24.3 Å². The number of phenolic OH excluding ortho intramolecular Hbond substituents is 1. The highest BCUT2D eigenvalue weighted by Crippen LogP contribution is 2.66. The van der Waals surface area contributed by atoms with Crippen molar-refractivity contribution in [1.82, 2.24) is 10.2 Å². The van der Waals surface area contributed by atoms with Gasteiger partial charge in [0.15, 0.2) is 9.75 Å². The lowest BCUT2D eigenvalue weighted by atomic mass is 9.56. The van der Waals surface area contributed by atoms with Gasteiger partial charge in [-0.3, -0.25) is 29.4 Å². The van der Waals surface area contributed by atoms with Crippen LogP contribution in [0.4, 0.5) is 0 Å². The molecule has 3 fully saturated rings. The van der Waals surface area contributed by atoms with Crippen LogP contribution in [0, 0.1) is 17.8 Å². The molecule has 0 unspecified atom stereocenters. The van der Waals surface area contributed by atoms with Crippen LogP contribution in [-0.2, 0) is 19.2 Å². The Morgan fingerprint density at radius 2 is 1.76 bits per heavy atom. The zero-order chi connectivity index (χ0) is 24.7. The summed E-state index contributed by atoms with van der Waals surface area (Å²) < 4.78 is 10.8. The number of allylic oxidation sites excluding steroid dienone is 2. The lowest BCUT2D eigenvalue weighted by Crippen LogP contribution is -2.60. The fourth-order valence-corrected chi connectivity index (χ4v) is 7.14. The number of nitrogens with one attached hydrogen (secondary N) is 1. The van der Waals surface area contributed by atoms with Gasteiger partial charge < -0.3 is 14.6 Å². The second-order valence-electron chi connectivity index (χ2n) is 9.11. The first-order valence-electron chi connectivity index (χ1n) is 10.7. The number of hydrogen-bond donors (Lipinski definition) is 2. The highest BCUT2D eigenvalue weighted by molar-refractivity contribution is 6.53. The molecule has 1 saturated carbocycles. The minimum absolute atomic E-state index is 0.115. The Balaban J connectivity index is 1.81. The Hall–Kier alpha value is -2.78. The first-order chi connectivity index (χ1) is 16.0. The van der Waals surface area contributed by atoms with Gasteiger partial charge in [-0.05, 0) is 18.8 Å². The van der Waals surface area contributed by atoms with Crippen LogP contribution in [-0.4, -0.2) is 64.7 Å². The van der Waals surface area contributed by atoms with Gasteiger partial charge in [0, 0.05) is 30.7 Å². The van der Waals surface area contributed by atoms with Crippen molar-refractivity contribution >= 4 is 46.8 Å². The van der Waals surface area contributed by atoms with Gasteiger partial charge in [-0.1, -0.05) is 11.6 Å². The van der Waals surface area contributed by atoms with Gasteiger partial charge in [0.25, 0.3) is 11.8 Å². The number of nitrogens with zero attached hydrogens (tertiary/aromatic N) is 1. The van der Waals surface area contributed by atoms with Crippen molar-refractivity contribution in [3.8, 4) is 17.2 Å². The highest BCUT2D eigenvalue weighted by atomic mass is 35.5. The second kappa shape index (κ2) is 7.36. The molecule has 180 valence electrons. The molecule has 0 spiro atoms. The number of aromatic hydroxyl groups is 1. The van der Waals surface area contributed by atoms with Crippen molar-refractivity contribution in [2.45, 2.75) is 28.5 Å². The number of ether oxygens (including phenoxy) is 2. The Morgan fingerprint density at radius 3 is 2.41 bits per heavy atom. The summed E-state index contributed by atoms with van der Waals surface area (Å²) in [5.74, 6) is -5.21. The van der Waals surface area contributed by atoms with E-state index < -0.39 is 51.1 Å². The molecular weight excluding hydrogens is 487 g/mol. The largest absolute Gasteiger partial charge is 0.507 e. The number of likely N-dealkylation sites (tertiary alicyclic amines) is 1. The Bertz CT molecular complexity index is 1200. The van der Waals surface area contributed by atoms with Crippen LogP contribution in [0.5, 0.6) is 17.2 Å². The van der Waals surface area contributed by atoms with Gasteiger partial charge in [-0.2, -0.15) is 0 Å². The molecular formula is C23H22Cl2N2O7. The smallest absolute Gasteiger partial charge is 0.253 e. The van der Waals surface area contributed by atoms with E-state index in [4.69, 9.17) is 32.7 Å². The van der Waals surface area contributed by atoms with E-state index in [-0.39, 0.29) is 35.8 Å². The molecule has 2 aliphatic heterocycles. The molecule has 2 aliphatic carbocycles. The summed E-state index contributed by atoms with van der Waals surface area (Å²) in [6.07, 6.45) is 1.90. The number of carbonyl (C=O) groups is 4. The predicted molar refractivity (Wildman–Crippen MR) is 120 cm³/mol. The number of halogens is 2. The molecule has 2 N–H and O–H groups in total. The van der Waals surface area contributed by atoms with Gasteiger partial charge in [0.2, 0.25) is 11.8 Å². The molecule has 0 aromatic heterocycles. The molecule has 4 amide bonds. The van der Waals surface area contributed by atoms with Gasteiger partial charge in [-0.25, -0.2) is 0 Å². The van der Waals surface area contributed by atoms with E-state index in [1.165, 1.54) is 33.4 Å². The van der Waals surface area contributed by atoms with Crippen molar-refractivity contribution in [2.24, 2.45) is 17.8 Å². The molecule has 1 aromatic carbocycles. The van der Waals surface area contributed by atoms with E-state index in [1.807, 2.05) is 0 Å². The number of imide groups is 2. The number of amides is 4. The summed E-state index contributed by atoms with van der Waals surface area (Å²) in [7, 11) is 4.10. The van der Waals surface area contributed by atoms with Gasteiger partial charge in [0.1, 0.15) is 17.2 Å². The predicted octanol–water partition coefficient (Wildman–Crippen LogP) is 1.69. The van der Waals surface area contributed by atoms with E-state index in [0.717, 1.165) is 4.90 Å². The van der Waals surface area contributed by atoms with Crippen molar-refractivity contribution in [3.05, 3.63) is 29.3 Å². The monoisotopic (exact) mass is 508 g/mol. The van der Waals surface area contributed by atoms with Crippen molar-refractivity contribution < 1.29 is 33.8 Å². The number of hydrogen-bond acceptors (Lipinski definition) is 7. The first-order valence-corrected chi connectivity index (χ1v) is 11.5. The maximum Gasteiger partial charge on any atom is 0.253 e. The second-order valence-corrected chi connectivity index (χ2v) is 10.4. The zero-order valence-electron chi connectivity index (χ0n) is 18.6. The summed E-state index contributed by atoms with van der Waals surface area (Å²) in [5, 5.41) is 13.4.